The molecule has 114 valence electrons. The average Bonchev–Trinajstić information content (AvgIpc) is 2.42. The van der Waals surface area contributed by atoms with Crippen molar-refractivity contribution < 1.29 is 19.8 Å². The molecule has 0 unspecified atom stereocenters. The second kappa shape index (κ2) is 7.22. The van der Waals surface area contributed by atoms with E-state index in [1.54, 1.807) is 0 Å². The summed E-state index contributed by atoms with van der Waals surface area (Å²) >= 11 is 0. The molecule has 5 nitrogen and oxygen atoms in total. The molecule has 1 amide bonds. The van der Waals surface area contributed by atoms with Crippen LogP contribution < -0.4 is 5.32 Å². The third kappa shape index (κ3) is 4.86. The Kier molecular flexibility index (Phi) is 5.33. The third-order valence-corrected chi connectivity index (χ3v) is 3.93. The Hall–Kier alpha value is -1.88. The van der Waals surface area contributed by atoms with Gasteiger partial charge in [0.05, 0.1) is 12.5 Å². The predicted octanol–water partition coefficient (Wildman–Crippen LogP) is 1.35. The summed E-state index contributed by atoms with van der Waals surface area (Å²) in [6.07, 6.45) is 1.65. The molecule has 1 aromatic rings. The van der Waals surface area contributed by atoms with Crippen LogP contribution in [0, 0.1) is 5.92 Å². The highest BCUT2D eigenvalue weighted by atomic mass is 16.4. The maximum atomic E-state index is 11.8. The van der Waals surface area contributed by atoms with Crippen LogP contribution in [0.1, 0.15) is 31.2 Å². The lowest BCUT2D eigenvalue weighted by Crippen LogP contribution is -2.48. The van der Waals surface area contributed by atoms with Crippen molar-refractivity contribution in [3.8, 4) is 0 Å². The van der Waals surface area contributed by atoms with Gasteiger partial charge in [0.15, 0.2) is 0 Å². The highest BCUT2D eigenvalue weighted by Crippen LogP contribution is 2.31. The van der Waals surface area contributed by atoms with Gasteiger partial charge in [0.1, 0.15) is 0 Å². The quantitative estimate of drug-likeness (QED) is 0.707. The maximum absolute atomic E-state index is 11.8. The normalized spacial score (nSPS) is 22.1. The smallest absolute Gasteiger partial charge is 0.303 e. The molecule has 1 aliphatic rings. The van der Waals surface area contributed by atoms with Crippen LogP contribution in [0.2, 0.25) is 0 Å². The molecule has 1 aliphatic carbocycles. The summed E-state index contributed by atoms with van der Waals surface area (Å²) < 4.78 is 0. The molecule has 0 bridgehead atoms. The fourth-order valence-electron chi connectivity index (χ4n) is 2.66. The van der Waals surface area contributed by atoms with Gasteiger partial charge in [-0.3, -0.25) is 9.59 Å². The Bertz CT molecular complexity index is 482. The van der Waals surface area contributed by atoms with Crippen molar-refractivity contribution in [2.24, 2.45) is 5.92 Å². The molecule has 1 fully saturated rings. The van der Waals surface area contributed by atoms with E-state index in [1.807, 2.05) is 30.3 Å². The zero-order valence-electron chi connectivity index (χ0n) is 11.9. The van der Waals surface area contributed by atoms with Crippen molar-refractivity contribution in [2.45, 2.75) is 44.2 Å². The first-order valence-corrected chi connectivity index (χ1v) is 7.27. The van der Waals surface area contributed by atoms with Crippen LogP contribution in [-0.2, 0) is 16.0 Å². The molecule has 0 aliphatic heterocycles. The number of rotatable bonds is 7. The summed E-state index contributed by atoms with van der Waals surface area (Å²) in [6, 6.07) is 9.81. The van der Waals surface area contributed by atoms with E-state index in [0.29, 0.717) is 19.3 Å². The van der Waals surface area contributed by atoms with Crippen molar-refractivity contribution >= 4 is 11.9 Å². The van der Waals surface area contributed by atoms with Crippen molar-refractivity contribution in [2.75, 3.05) is 0 Å². The molecular formula is C16H21NO4. The minimum atomic E-state index is -0.969. The monoisotopic (exact) mass is 291 g/mol. The molecule has 2 rings (SSSR count). The summed E-state index contributed by atoms with van der Waals surface area (Å²) in [5.41, 5.74) is 1.13. The van der Waals surface area contributed by atoms with Gasteiger partial charge in [-0.1, -0.05) is 30.3 Å². The van der Waals surface area contributed by atoms with Gasteiger partial charge in [-0.05, 0) is 30.7 Å². The van der Waals surface area contributed by atoms with E-state index < -0.39 is 5.97 Å². The van der Waals surface area contributed by atoms with Crippen LogP contribution in [0.5, 0.6) is 0 Å². The number of carbonyl (C=O) groups is 2. The van der Waals surface area contributed by atoms with Crippen LogP contribution in [0.25, 0.3) is 0 Å². The first kappa shape index (κ1) is 15.5. The van der Waals surface area contributed by atoms with Crippen LogP contribution >= 0.6 is 0 Å². The fraction of sp³-hybridized carbons (Fsp3) is 0.500. The van der Waals surface area contributed by atoms with E-state index in [-0.39, 0.29) is 36.8 Å². The first-order chi connectivity index (χ1) is 10.0. The highest BCUT2D eigenvalue weighted by Gasteiger charge is 2.34. The van der Waals surface area contributed by atoms with E-state index in [1.165, 1.54) is 0 Å². The van der Waals surface area contributed by atoms with E-state index in [4.69, 9.17) is 5.11 Å². The number of carboxylic acids is 1. The van der Waals surface area contributed by atoms with Gasteiger partial charge in [-0.25, -0.2) is 0 Å². The van der Waals surface area contributed by atoms with Gasteiger partial charge < -0.3 is 15.5 Å². The number of nitrogens with one attached hydrogen (secondary N) is 1. The third-order valence-electron chi connectivity index (χ3n) is 3.93. The SMILES string of the molecule is O=C(O)CCC(=O)N[C@H](Cc1ccccc1)C1CC(O)C1. The topological polar surface area (TPSA) is 86.6 Å². The van der Waals surface area contributed by atoms with Crippen LogP contribution in [-0.4, -0.2) is 34.2 Å². The zero-order valence-corrected chi connectivity index (χ0v) is 11.9. The molecule has 5 heteroatoms. The molecular weight excluding hydrogens is 270 g/mol. The minimum Gasteiger partial charge on any atom is -0.481 e. The van der Waals surface area contributed by atoms with Crippen molar-refractivity contribution in [3.63, 3.8) is 0 Å². The molecule has 3 N–H and O–H groups in total. The summed E-state index contributed by atoms with van der Waals surface area (Å²) in [6.45, 7) is 0. The summed E-state index contributed by atoms with van der Waals surface area (Å²) in [5, 5.41) is 21.0. The van der Waals surface area contributed by atoms with Gasteiger partial charge in [0, 0.05) is 12.5 Å². The number of amides is 1. The van der Waals surface area contributed by atoms with E-state index in [0.717, 1.165) is 5.56 Å². The van der Waals surface area contributed by atoms with Gasteiger partial charge in [0.25, 0.3) is 0 Å². The molecule has 0 saturated heterocycles. The molecule has 0 radical (unpaired) electrons. The second-order valence-corrected chi connectivity index (χ2v) is 5.64. The van der Waals surface area contributed by atoms with Crippen LogP contribution in [0.4, 0.5) is 0 Å². The zero-order chi connectivity index (χ0) is 15.2. The molecule has 0 spiro atoms. The number of benzene rings is 1. The Balaban J connectivity index is 1.92. The number of aliphatic hydroxyl groups excluding tert-OH is 1. The lowest BCUT2D eigenvalue weighted by Gasteiger charge is -2.38. The Morgan fingerprint density at radius 1 is 1.19 bits per heavy atom. The van der Waals surface area contributed by atoms with Gasteiger partial charge >= 0.3 is 5.97 Å². The number of carboxylic acid groups (broad SMARTS) is 1. The maximum Gasteiger partial charge on any atom is 0.303 e. The Morgan fingerprint density at radius 2 is 1.86 bits per heavy atom. The predicted molar refractivity (Wildman–Crippen MR) is 77.7 cm³/mol. The standard InChI is InChI=1S/C16H21NO4/c18-13-9-12(10-13)14(8-11-4-2-1-3-5-11)17-15(19)6-7-16(20)21/h1-5,12-14,18H,6-10H2,(H,17,19)(H,20,21)/t12?,13?,14-/m1/s1. The van der Waals surface area contributed by atoms with Crippen molar-refractivity contribution in [1.82, 2.24) is 5.32 Å². The molecule has 1 saturated carbocycles. The second-order valence-electron chi connectivity index (χ2n) is 5.64. The lowest BCUT2D eigenvalue weighted by molar-refractivity contribution is -0.139. The van der Waals surface area contributed by atoms with E-state index >= 15 is 0 Å². The number of hydrogen-bond acceptors (Lipinski definition) is 3. The summed E-state index contributed by atoms with van der Waals surface area (Å²) in [7, 11) is 0. The lowest BCUT2D eigenvalue weighted by atomic mass is 9.75. The Labute approximate surface area is 124 Å². The molecule has 1 aromatic carbocycles. The molecule has 21 heavy (non-hydrogen) atoms. The van der Waals surface area contributed by atoms with Crippen molar-refractivity contribution in [3.05, 3.63) is 35.9 Å². The molecule has 1 atom stereocenters. The first-order valence-electron chi connectivity index (χ1n) is 7.27. The molecule has 0 heterocycles. The number of hydrogen-bond donors (Lipinski definition) is 3. The van der Waals surface area contributed by atoms with Crippen molar-refractivity contribution in [1.29, 1.82) is 0 Å². The van der Waals surface area contributed by atoms with E-state index in [2.05, 4.69) is 5.32 Å². The summed E-state index contributed by atoms with van der Waals surface area (Å²) in [4.78, 5) is 22.3. The molecule has 0 aromatic heterocycles. The number of carbonyl (C=O) groups excluding carboxylic acids is 1. The largest absolute Gasteiger partial charge is 0.481 e. The van der Waals surface area contributed by atoms with Crippen LogP contribution in [0.3, 0.4) is 0 Å². The van der Waals surface area contributed by atoms with Gasteiger partial charge in [-0.2, -0.15) is 0 Å². The van der Waals surface area contributed by atoms with Gasteiger partial charge in [0.2, 0.25) is 5.91 Å². The minimum absolute atomic E-state index is 0.00407. The van der Waals surface area contributed by atoms with Crippen LogP contribution in [0.15, 0.2) is 30.3 Å². The summed E-state index contributed by atoms with van der Waals surface area (Å²) in [5.74, 6) is -0.947. The Morgan fingerprint density at radius 3 is 2.43 bits per heavy atom. The number of aliphatic carboxylic acids is 1. The highest BCUT2D eigenvalue weighted by molar-refractivity contribution is 5.80. The number of aliphatic hydroxyl groups is 1. The van der Waals surface area contributed by atoms with Gasteiger partial charge in [-0.15, -0.1) is 0 Å². The fourth-order valence-corrected chi connectivity index (χ4v) is 2.66. The van der Waals surface area contributed by atoms with E-state index in [9.17, 15) is 14.7 Å². The average molecular weight is 291 g/mol.